The fourth-order valence-electron chi connectivity index (χ4n) is 4.63. The van der Waals surface area contributed by atoms with Crippen molar-refractivity contribution in [2.75, 3.05) is 31.6 Å². The van der Waals surface area contributed by atoms with Crippen LogP contribution in [-0.2, 0) is 29.0 Å². The lowest BCUT2D eigenvalue weighted by molar-refractivity contribution is -0.116. The third-order valence-corrected chi connectivity index (χ3v) is 6.43. The van der Waals surface area contributed by atoms with Gasteiger partial charge in [-0.2, -0.15) is 9.61 Å². The van der Waals surface area contributed by atoms with E-state index >= 15 is 0 Å². The molecular weight excluding hydrogens is 489 g/mol. The van der Waals surface area contributed by atoms with E-state index in [0.717, 1.165) is 12.3 Å². The Hall–Kier alpha value is -4.33. The maximum Gasteiger partial charge on any atom is 0.407 e. The molecule has 37 heavy (non-hydrogen) atoms. The zero-order valence-electron chi connectivity index (χ0n) is 19.9. The van der Waals surface area contributed by atoms with Crippen molar-refractivity contribution < 1.29 is 28.6 Å². The van der Waals surface area contributed by atoms with Crippen molar-refractivity contribution in [2.24, 2.45) is 0 Å². The lowest BCUT2D eigenvalue weighted by Crippen LogP contribution is -2.53. The normalized spacial score (nSPS) is 17.4. The maximum absolute atomic E-state index is 13.6. The quantitative estimate of drug-likeness (QED) is 0.485. The standard InChI is InChI=1S/C23H24FN7O6/c1-2-14-7-19-30(11-18(32)26-17-4-3-13(24)8-25-17)20-16(21(33)31(19)27-14)10-28(22(20)34)9-15-12-37-6-5-29(15)23(35)36/h3-4,7-8,15H,2,5-6,9-12H2,1H3,(H,35,36)(H,25,26,32)/t15-/m1/s1. The number of anilines is 1. The number of hydrogen-bond donors (Lipinski definition) is 2. The Morgan fingerprint density at radius 2 is 2.11 bits per heavy atom. The molecule has 2 N–H and O–H groups in total. The number of carbonyl (C=O) groups is 3. The molecule has 0 saturated carbocycles. The number of nitrogens with one attached hydrogen (secondary N) is 1. The van der Waals surface area contributed by atoms with Crippen LogP contribution in [0.15, 0.2) is 29.2 Å². The zero-order valence-corrected chi connectivity index (χ0v) is 19.9. The fourth-order valence-corrected chi connectivity index (χ4v) is 4.63. The number of pyridine rings is 1. The number of fused-ring (bicyclic) bond motifs is 2. The number of aromatic nitrogens is 4. The van der Waals surface area contributed by atoms with Gasteiger partial charge in [0.25, 0.3) is 11.5 Å². The van der Waals surface area contributed by atoms with Gasteiger partial charge in [-0.05, 0) is 18.6 Å². The maximum atomic E-state index is 13.6. The van der Waals surface area contributed by atoms with Gasteiger partial charge in [0, 0.05) is 19.2 Å². The first-order valence-corrected chi connectivity index (χ1v) is 11.7. The van der Waals surface area contributed by atoms with Gasteiger partial charge in [-0.1, -0.05) is 6.92 Å². The van der Waals surface area contributed by atoms with Crippen LogP contribution >= 0.6 is 0 Å². The van der Waals surface area contributed by atoms with Crippen molar-refractivity contribution in [2.45, 2.75) is 32.5 Å². The van der Waals surface area contributed by atoms with E-state index in [1.807, 2.05) is 6.92 Å². The molecule has 0 aromatic carbocycles. The Morgan fingerprint density at radius 3 is 2.81 bits per heavy atom. The molecule has 3 amide bonds. The average molecular weight is 513 g/mol. The summed E-state index contributed by atoms with van der Waals surface area (Å²) in [4.78, 5) is 57.8. The SMILES string of the molecule is CCc1cc2n(CC(=O)Nc3ccc(F)cn3)c3c(c(=O)n2n1)CN(C[C@@H]1COCCN1C(=O)O)C3=O. The molecular formula is C23H24FN7O6. The number of morpholine rings is 1. The molecule has 0 aliphatic carbocycles. The van der Waals surface area contributed by atoms with E-state index in [4.69, 9.17) is 4.74 Å². The van der Waals surface area contributed by atoms with E-state index < -0.39 is 35.3 Å². The van der Waals surface area contributed by atoms with Crippen LogP contribution < -0.4 is 10.9 Å². The molecule has 0 spiro atoms. The number of carboxylic acid groups (broad SMARTS) is 1. The molecule has 3 aromatic rings. The highest BCUT2D eigenvalue weighted by Gasteiger charge is 2.38. The highest BCUT2D eigenvalue weighted by Crippen LogP contribution is 2.24. The second kappa shape index (κ2) is 9.61. The molecule has 3 aromatic heterocycles. The van der Waals surface area contributed by atoms with Crippen LogP contribution in [0.5, 0.6) is 0 Å². The van der Waals surface area contributed by atoms with Gasteiger partial charge in [0.2, 0.25) is 5.91 Å². The van der Waals surface area contributed by atoms with Crippen LogP contribution in [0.25, 0.3) is 5.65 Å². The monoisotopic (exact) mass is 513 g/mol. The highest BCUT2D eigenvalue weighted by molar-refractivity contribution is 5.98. The zero-order chi connectivity index (χ0) is 26.3. The van der Waals surface area contributed by atoms with Crippen LogP contribution in [0.3, 0.4) is 0 Å². The summed E-state index contributed by atoms with van der Waals surface area (Å²) < 4.78 is 21.2. The van der Waals surface area contributed by atoms with Crippen LogP contribution in [0.2, 0.25) is 0 Å². The largest absolute Gasteiger partial charge is 0.465 e. The highest BCUT2D eigenvalue weighted by atomic mass is 19.1. The minimum Gasteiger partial charge on any atom is -0.465 e. The molecule has 1 saturated heterocycles. The topological polar surface area (TPSA) is 151 Å². The first kappa shape index (κ1) is 24.4. The summed E-state index contributed by atoms with van der Waals surface area (Å²) >= 11 is 0. The van der Waals surface area contributed by atoms with Crippen LogP contribution in [0.4, 0.5) is 15.0 Å². The summed E-state index contributed by atoms with van der Waals surface area (Å²) in [5.41, 5.74) is 0.602. The number of carbonyl (C=O) groups excluding carboxylic acids is 2. The van der Waals surface area contributed by atoms with E-state index in [1.165, 1.54) is 24.9 Å². The Morgan fingerprint density at radius 1 is 1.30 bits per heavy atom. The molecule has 1 fully saturated rings. The Balaban J connectivity index is 1.50. The van der Waals surface area contributed by atoms with Crippen molar-refractivity contribution in [3.8, 4) is 0 Å². The fraction of sp³-hybridized carbons (Fsp3) is 0.391. The van der Waals surface area contributed by atoms with E-state index in [9.17, 15) is 28.7 Å². The summed E-state index contributed by atoms with van der Waals surface area (Å²) in [6.07, 6.45) is 0.379. The summed E-state index contributed by atoms with van der Waals surface area (Å²) in [5.74, 6) is -1.48. The Labute approximate surface area is 209 Å². The summed E-state index contributed by atoms with van der Waals surface area (Å²) in [6.45, 7) is 2.04. The van der Waals surface area contributed by atoms with Gasteiger partial charge in [0.15, 0.2) is 0 Å². The minimum absolute atomic E-state index is 0.0213. The molecule has 0 radical (unpaired) electrons. The van der Waals surface area contributed by atoms with Crippen molar-refractivity contribution in [1.29, 1.82) is 0 Å². The van der Waals surface area contributed by atoms with Gasteiger partial charge >= 0.3 is 6.09 Å². The molecule has 1 atom stereocenters. The lowest BCUT2D eigenvalue weighted by Gasteiger charge is -2.35. The molecule has 194 valence electrons. The minimum atomic E-state index is -1.12. The molecule has 5 rings (SSSR count). The van der Waals surface area contributed by atoms with Gasteiger partial charge in [-0.15, -0.1) is 0 Å². The summed E-state index contributed by atoms with van der Waals surface area (Å²) in [7, 11) is 0. The average Bonchev–Trinajstić information content (AvgIpc) is 3.46. The van der Waals surface area contributed by atoms with Crippen LogP contribution in [0.1, 0.15) is 28.7 Å². The number of ether oxygens (including phenoxy) is 1. The van der Waals surface area contributed by atoms with Gasteiger partial charge in [0.1, 0.15) is 29.5 Å². The molecule has 2 aliphatic heterocycles. The molecule has 0 bridgehead atoms. The number of hydrogen-bond acceptors (Lipinski definition) is 7. The molecule has 2 aliphatic rings. The van der Waals surface area contributed by atoms with E-state index in [0.29, 0.717) is 12.1 Å². The second-order valence-corrected chi connectivity index (χ2v) is 8.78. The number of halogens is 1. The van der Waals surface area contributed by atoms with Gasteiger partial charge in [-0.3, -0.25) is 19.3 Å². The third-order valence-electron chi connectivity index (χ3n) is 6.43. The number of rotatable bonds is 6. The smallest absolute Gasteiger partial charge is 0.407 e. The summed E-state index contributed by atoms with van der Waals surface area (Å²) in [5, 5.41) is 16.4. The van der Waals surface area contributed by atoms with Crippen molar-refractivity contribution in [3.05, 3.63) is 57.5 Å². The van der Waals surface area contributed by atoms with Crippen molar-refractivity contribution in [1.82, 2.24) is 29.0 Å². The third kappa shape index (κ3) is 4.50. The first-order valence-electron chi connectivity index (χ1n) is 11.7. The van der Waals surface area contributed by atoms with Gasteiger partial charge < -0.3 is 24.6 Å². The predicted octanol–water partition coefficient (Wildman–Crippen LogP) is 0.566. The Bertz CT molecular complexity index is 1450. The molecule has 5 heterocycles. The number of amides is 3. The van der Waals surface area contributed by atoms with Gasteiger partial charge in [0.05, 0.1) is 43.3 Å². The molecule has 13 nitrogen and oxygen atoms in total. The van der Waals surface area contributed by atoms with Gasteiger partial charge in [-0.25, -0.2) is 14.2 Å². The number of nitrogens with zero attached hydrogens (tertiary/aromatic N) is 6. The van der Waals surface area contributed by atoms with Crippen LogP contribution in [0, 0.1) is 5.82 Å². The molecule has 0 unspecified atom stereocenters. The van der Waals surface area contributed by atoms with E-state index in [1.54, 1.807) is 6.07 Å². The van der Waals surface area contributed by atoms with Crippen LogP contribution in [-0.4, -0.2) is 84.3 Å². The van der Waals surface area contributed by atoms with Crippen molar-refractivity contribution >= 4 is 29.4 Å². The summed E-state index contributed by atoms with van der Waals surface area (Å²) in [6, 6.07) is 3.50. The second-order valence-electron chi connectivity index (χ2n) is 8.78. The first-order chi connectivity index (χ1) is 17.8. The van der Waals surface area contributed by atoms with E-state index in [-0.39, 0.29) is 62.1 Å². The van der Waals surface area contributed by atoms with E-state index in [2.05, 4.69) is 15.4 Å². The predicted molar refractivity (Wildman–Crippen MR) is 126 cm³/mol. The lowest BCUT2D eigenvalue weighted by atomic mass is 10.2. The van der Waals surface area contributed by atoms with Crippen molar-refractivity contribution in [3.63, 3.8) is 0 Å². The Kier molecular flexibility index (Phi) is 6.33. The molecule has 14 heteroatoms. The number of aryl methyl sites for hydroxylation is 1.